The van der Waals surface area contributed by atoms with E-state index in [1.54, 1.807) is 12.4 Å². The zero-order valence-electron chi connectivity index (χ0n) is 10.9. The molecule has 1 aliphatic heterocycles. The van der Waals surface area contributed by atoms with E-state index in [0.717, 1.165) is 11.0 Å². The van der Waals surface area contributed by atoms with Crippen molar-refractivity contribution >= 4 is 28.5 Å². The Kier molecular flexibility index (Phi) is 2.90. The Morgan fingerprint density at radius 3 is 3.00 bits per heavy atom. The van der Waals surface area contributed by atoms with Gasteiger partial charge in [0.1, 0.15) is 0 Å². The molecule has 1 fully saturated rings. The maximum Gasteiger partial charge on any atom is 0.246 e. The van der Waals surface area contributed by atoms with Crippen molar-refractivity contribution in [2.45, 2.75) is 6.42 Å². The number of nitrogens with one attached hydrogen (secondary N) is 1. The number of amides is 2. The SMILES string of the molecule is Cn1cnc2ccc(NC(=O)C3CC(=O)N(O)C3)cc21. The summed E-state index contributed by atoms with van der Waals surface area (Å²) in [5.74, 6) is -1.21. The van der Waals surface area contributed by atoms with Crippen LogP contribution in [0.15, 0.2) is 24.5 Å². The van der Waals surface area contributed by atoms with E-state index in [-0.39, 0.29) is 18.9 Å². The molecule has 1 aromatic carbocycles. The molecule has 7 nitrogen and oxygen atoms in total. The molecule has 2 heterocycles. The van der Waals surface area contributed by atoms with E-state index in [0.29, 0.717) is 10.8 Å². The van der Waals surface area contributed by atoms with Gasteiger partial charge in [0.25, 0.3) is 0 Å². The van der Waals surface area contributed by atoms with Crippen LogP contribution in [0.1, 0.15) is 6.42 Å². The Labute approximate surface area is 114 Å². The maximum atomic E-state index is 12.0. The summed E-state index contributed by atoms with van der Waals surface area (Å²) in [6.45, 7) is 0.0403. The van der Waals surface area contributed by atoms with Gasteiger partial charge in [0.2, 0.25) is 11.8 Å². The van der Waals surface area contributed by atoms with Crippen LogP contribution in [-0.2, 0) is 16.6 Å². The zero-order valence-corrected chi connectivity index (χ0v) is 10.9. The molecule has 1 unspecified atom stereocenters. The number of benzene rings is 1. The normalized spacial score (nSPS) is 18.8. The van der Waals surface area contributed by atoms with Crippen LogP contribution in [0.5, 0.6) is 0 Å². The van der Waals surface area contributed by atoms with E-state index in [4.69, 9.17) is 0 Å². The van der Waals surface area contributed by atoms with Gasteiger partial charge in [0, 0.05) is 19.2 Å². The van der Waals surface area contributed by atoms with Crippen molar-refractivity contribution in [3.63, 3.8) is 0 Å². The Bertz CT molecular complexity index is 694. The van der Waals surface area contributed by atoms with Gasteiger partial charge in [-0.05, 0) is 18.2 Å². The predicted molar refractivity (Wildman–Crippen MR) is 71.0 cm³/mol. The zero-order chi connectivity index (χ0) is 14.3. The fourth-order valence-corrected chi connectivity index (χ4v) is 2.32. The van der Waals surface area contributed by atoms with Crippen LogP contribution in [0.3, 0.4) is 0 Å². The van der Waals surface area contributed by atoms with Crippen molar-refractivity contribution in [3.8, 4) is 0 Å². The summed E-state index contributed by atoms with van der Waals surface area (Å²) in [5.41, 5.74) is 2.41. The topological polar surface area (TPSA) is 87.5 Å². The van der Waals surface area contributed by atoms with E-state index in [2.05, 4.69) is 10.3 Å². The second kappa shape index (κ2) is 4.61. The van der Waals surface area contributed by atoms with E-state index in [9.17, 15) is 14.8 Å². The van der Waals surface area contributed by atoms with Crippen LogP contribution >= 0.6 is 0 Å². The van der Waals surface area contributed by atoms with Gasteiger partial charge in [0.15, 0.2) is 0 Å². The first kappa shape index (κ1) is 12.6. The standard InChI is InChI=1S/C13H14N4O3/c1-16-7-14-10-3-2-9(5-11(10)16)15-13(19)8-4-12(18)17(20)6-8/h2-3,5,7-8,20H,4,6H2,1H3,(H,15,19). The number of hydroxylamine groups is 2. The molecule has 20 heavy (non-hydrogen) atoms. The molecule has 104 valence electrons. The maximum absolute atomic E-state index is 12.0. The number of hydrogen-bond acceptors (Lipinski definition) is 4. The van der Waals surface area contributed by atoms with Crippen molar-refractivity contribution in [3.05, 3.63) is 24.5 Å². The molecule has 2 aromatic rings. The Hall–Kier alpha value is -2.41. The monoisotopic (exact) mass is 274 g/mol. The molecule has 1 saturated heterocycles. The third kappa shape index (κ3) is 2.12. The molecule has 7 heteroatoms. The highest BCUT2D eigenvalue weighted by atomic mass is 16.5. The van der Waals surface area contributed by atoms with E-state index >= 15 is 0 Å². The number of nitrogens with zero attached hydrogens (tertiary/aromatic N) is 3. The first-order valence-corrected chi connectivity index (χ1v) is 6.26. The fourth-order valence-electron chi connectivity index (χ4n) is 2.32. The number of hydrogen-bond donors (Lipinski definition) is 2. The van der Waals surface area contributed by atoms with Crippen LogP contribution in [0, 0.1) is 5.92 Å². The third-order valence-corrected chi connectivity index (χ3v) is 3.47. The molecule has 0 saturated carbocycles. The molecule has 1 aromatic heterocycles. The quantitative estimate of drug-likeness (QED) is 0.791. The van der Waals surface area contributed by atoms with Gasteiger partial charge >= 0.3 is 0 Å². The minimum absolute atomic E-state index is 0.0380. The number of fused-ring (bicyclic) bond motifs is 1. The molecular formula is C13H14N4O3. The third-order valence-electron chi connectivity index (χ3n) is 3.47. The minimum atomic E-state index is -0.519. The highest BCUT2D eigenvalue weighted by Crippen LogP contribution is 2.21. The Balaban J connectivity index is 1.77. The van der Waals surface area contributed by atoms with Crippen molar-refractivity contribution in [1.82, 2.24) is 14.6 Å². The van der Waals surface area contributed by atoms with Gasteiger partial charge in [-0.25, -0.2) is 10.0 Å². The number of rotatable bonds is 2. The molecule has 0 bridgehead atoms. The predicted octanol–water partition coefficient (Wildman–Crippen LogP) is 0.749. The summed E-state index contributed by atoms with van der Waals surface area (Å²) in [5, 5.41) is 12.6. The van der Waals surface area contributed by atoms with Crippen molar-refractivity contribution < 1.29 is 14.8 Å². The average Bonchev–Trinajstić information content (AvgIpc) is 2.95. The van der Waals surface area contributed by atoms with Crippen LogP contribution < -0.4 is 5.32 Å². The van der Waals surface area contributed by atoms with Gasteiger partial charge in [-0.2, -0.15) is 0 Å². The molecule has 0 aliphatic carbocycles. The number of aryl methyl sites for hydroxylation is 1. The number of carbonyl (C=O) groups excluding carboxylic acids is 2. The lowest BCUT2D eigenvalue weighted by Gasteiger charge is -2.10. The number of carbonyl (C=O) groups is 2. The number of aromatic nitrogens is 2. The summed E-state index contributed by atoms with van der Waals surface area (Å²) < 4.78 is 1.86. The molecule has 3 rings (SSSR count). The highest BCUT2D eigenvalue weighted by Gasteiger charge is 2.33. The molecule has 0 radical (unpaired) electrons. The van der Waals surface area contributed by atoms with Crippen molar-refractivity contribution in [1.29, 1.82) is 0 Å². The van der Waals surface area contributed by atoms with Crippen LogP contribution in [0.2, 0.25) is 0 Å². The van der Waals surface area contributed by atoms with Gasteiger partial charge in [-0.15, -0.1) is 0 Å². The lowest BCUT2D eigenvalue weighted by Crippen LogP contribution is -2.26. The van der Waals surface area contributed by atoms with Gasteiger partial charge in [-0.1, -0.05) is 0 Å². The second-order valence-corrected chi connectivity index (χ2v) is 4.93. The van der Waals surface area contributed by atoms with Gasteiger partial charge < -0.3 is 9.88 Å². The lowest BCUT2D eigenvalue weighted by molar-refractivity contribution is -0.157. The second-order valence-electron chi connectivity index (χ2n) is 4.93. The smallest absolute Gasteiger partial charge is 0.246 e. The first-order chi connectivity index (χ1) is 9.54. The molecule has 1 aliphatic rings. The van der Waals surface area contributed by atoms with Gasteiger partial charge in [-0.3, -0.25) is 14.8 Å². The average molecular weight is 274 g/mol. The molecule has 1 atom stereocenters. The molecule has 2 amide bonds. The van der Waals surface area contributed by atoms with Crippen molar-refractivity contribution in [2.24, 2.45) is 13.0 Å². The number of imidazole rings is 1. The van der Waals surface area contributed by atoms with Gasteiger partial charge in [0.05, 0.1) is 29.8 Å². The van der Waals surface area contributed by atoms with E-state index in [1.807, 2.05) is 23.7 Å². The van der Waals surface area contributed by atoms with Crippen molar-refractivity contribution in [2.75, 3.05) is 11.9 Å². The molecule has 2 N–H and O–H groups in total. The lowest BCUT2D eigenvalue weighted by atomic mass is 10.1. The Morgan fingerprint density at radius 2 is 2.30 bits per heavy atom. The largest absolute Gasteiger partial charge is 0.334 e. The summed E-state index contributed by atoms with van der Waals surface area (Å²) in [6.07, 6.45) is 1.74. The minimum Gasteiger partial charge on any atom is -0.334 e. The van der Waals surface area contributed by atoms with Crippen LogP contribution in [0.4, 0.5) is 5.69 Å². The summed E-state index contributed by atoms with van der Waals surface area (Å²) in [6, 6.07) is 5.41. The highest BCUT2D eigenvalue weighted by molar-refractivity contribution is 5.98. The molecule has 0 spiro atoms. The Morgan fingerprint density at radius 1 is 1.50 bits per heavy atom. The van der Waals surface area contributed by atoms with E-state index in [1.165, 1.54) is 0 Å². The summed E-state index contributed by atoms with van der Waals surface area (Å²) >= 11 is 0. The van der Waals surface area contributed by atoms with E-state index < -0.39 is 11.8 Å². The first-order valence-electron chi connectivity index (χ1n) is 6.26. The fraction of sp³-hybridized carbons (Fsp3) is 0.308. The van der Waals surface area contributed by atoms with Crippen LogP contribution in [0.25, 0.3) is 11.0 Å². The summed E-state index contributed by atoms with van der Waals surface area (Å²) in [7, 11) is 1.88. The molecular weight excluding hydrogens is 260 g/mol. The summed E-state index contributed by atoms with van der Waals surface area (Å²) in [4.78, 5) is 27.5. The van der Waals surface area contributed by atoms with Crippen LogP contribution in [-0.4, -0.2) is 38.2 Å². The number of anilines is 1.